The molecule has 0 spiro atoms. The van der Waals surface area contributed by atoms with E-state index in [2.05, 4.69) is 4.90 Å². The molecule has 1 amide bonds. The highest BCUT2D eigenvalue weighted by atomic mass is 35.5. The van der Waals surface area contributed by atoms with Crippen LogP contribution in [0.2, 0.25) is 10.0 Å². The Morgan fingerprint density at radius 1 is 1.00 bits per heavy atom. The van der Waals surface area contributed by atoms with Gasteiger partial charge in [0.1, 0.15) is 0 Å². The number of amides is 1. The van der Waals surface area contributed by atoms with Crippen LogP contribution in [0, 0.1) is 0 Å². The maximum atomic E-state index is 13.4. The molecule has 0 bridgehead atoms. The van der Waals surface area contributed by atoms with Crippen molar-refractivity contribution >= 4 is 39.1 Å². The number of halogens is 2. The van der Waals surface area contributed by atoms with Crippen LogP contribution in [0.25, 0.3) is 0 Å². The molecule has 0 unspecified atom stereocenters. The highest BCUT2D eigenvalue weighted by Crippen LogP contribution is 2.25. The van der Waals surface area contributed by atoms with Crippen LogP contribution < -0.4 is 0 Å². The zero-order valence-electron chi connectivity index (χ0n) is 18.4. The third-order valence-electron chi connectivity index (χ3n) is 5.46. The molecule has 0 saturated carbocycles. The molecule has 1 aliphatic rings. The second-order valence-corrected chi connectivity index (χ2v) is 11.0. The summed E-state index contributed by atoms with van der Waals surface area (Å²) in [7, 11) is 0.374. The highest BCUT2D eigenvalue weighted by Gasteiger charge is 2.28. The molecule has 0 radical (unpaired) electrons. The summed E-state index contributed by atoms with van der Waals surface area (Å²) in [5.41, 5.74) is 1.22. The summed E-state index contributed by atoms with van der Waals surface area (Å²) in [6.45, 7) is 2.75. The molecule has 0 N–H and O–H groups in total. The summed E-state index contributed by atoms with van der Waals surface area (Å²) in [6.07, 6.45) is 2.51. The Hall–Kier alpha value is -1.64. The van der Waals surface area contributed by atoms with E-state index in [0.29, 0.717) is 41.8 Å². The molecule has 0 atom stereocenters. The van der Waals surface area contributed by atoms with Crippen LogP contribution >= 0.6 is 23.2 Å². The summed E-state index contributed by atoms with van der Waals surface area (Å²) in [5.74, 6) is -0.215. The predicted octanol–water partition coefficient (Wildman–Crippen LogP) is 4.37. The number of nitrogens with zero attached hydrogens (tertiary/aromatic N) is 3. The van der Waals surface area contributed by atoms with Gasteiger partial charge in [0, 0.05) is 31.7 Å². The quantitative estimate of drug-likeness (QED) is 0.515. The van der Waals surface area contributed by atoms with E-state index in [4.69, 9.17) is 23.2 Å². The van der Waals surface area contributed by atoms with Gasteiger partial charge in [-0.2, -0.15) is 4.31 Å². The van der Waals surface area contributed by atoms with Crippen LogP contribution in [-0.4, -0.2) is 68.7 Å². The van der Waals surface area contributed by atoms with Crippen molar-refractivity contribution in [2.75, 3.05) is 40.3 Å². The topological polar surface area (TPSA) is 60.9 Å². The van der Waals surface area contributed by atoms with E-state index < -0.39 is 10.0 Å². The van der Waals surface area contributed by atoms with E-state index in [0.717, 1.165) is 31.4 Å². The number of carbonyl (C=O) groups is 1. The molecule has 1 aliphatic heterocycles. The van der Waals surface area contributed by atoms with Gasteiger partial charge in [-0.15, -0.1) is 0 Å². The lowest BCUT2D eigenvalue weighted by Crippen LogP contribution is -2.33. The third kappa shape index (κ3) is 6.23. The van der Waals surface area contributed by atoms with Gasteiger partial charge in [-0.05, 0) is 75.8 Å². The van der Waals surface area contributed by atoms with Crippen molar-refractivity contribution in [3.8, 4) is 0 Å². The molecule has 1 saturated heterocycles. The molecular formula is C23H29Cl2N3O3S. The van der Waals surface area contributed by atoms with Crippen molar-refractivity contribution in [2.45, 2.75) is 30.7 Å². The average molecular weight is 498 g/mol. The number of sulfonamides is 1. The average Bonchev–Trinajstić information content (AvgIpc) is 3.31. The summed E-state index contributed by atoms with van der Waals surface area (Å²) >= 11 is 12.2. The first kappa shape index (κ1) is 25.0. The van der Waals surface area contributed by atoms with Gasteiger partial charge < -0.3 is 9.80 Å². The Morgan fingerprint density at radius 3 is 2.38 bits per heavy atom. The Balaban J connectivity index is 1.85. The highest BCUT2D eigenvalue weighted by molar-refractivity contribution is 7.89. The van der Waals surface area contributed by atoms with Gasteiger partial charge in [0.05, 0.1) is 14.9 Å². The number of rotatable bonds is 9. The van der Waals surface area contributed by atoms with Gasteiger partial charge in [0.15, 0.2) is 0 Å². The maximum absolute atomic E-state index is 13.4. The molecule has 1 fully saturated rings. The van der Waals surface area contributed by atoms with Crippen LogP contribution in [0.4, 0.5) is 0 Å². The third-order valence-corrected chi connectivity index (χ3v) is 8.10. The Bertz CT molecular complexity index is 1050. The van der Waals surface area contributed by atoms with Gasteiger partial charge in [-0.3, -0.25) is 4.79 Å². The minimum atomic E-state index is -3.59. The summed E-state index contributed by atoms with van der Waals surface area (Å²) in [6, 6.07) is 11.7. The minimum Gasteiger partial charge on any atom is -0.334 e. The lowest BCUT2D eigenvalue weighted by Gasteiger charge is -2.24. The number of carbonyl (C=O) groups excluding carboxylic acids is 1. The SMILES string of the molecule is CN(C)CCCN(Cc1ccc(Cl)c(Cl)c1)C(=O)c1cccc(S(=O)(=O)N2CCCC2)c1. The maximum Gasteiger partial charge on any atom is 0.254 e. The summed E-state index contributed by atoms with van der Waals surface area (Å²) in [4.78, 5) is 17.4. The first-order chi connectivity index (χ1) is 15.2. The fourth-order valence-electron chi connectivity index (χ4n) is 3.74. The molecule has 6 nitrogen and oxygen atoms in total. The number of hydrogen-bond acceptors (Lipinski definition) is 4. The van der Waals surface area contributed by atoms with Crippen LogP contribution in [0.1, 0.15) is 35.2 Å². The summed E-state index contributed by atoms with van der Waals surface area (Å²) < 4.78 is 27.4. The zero-order chi connectivity index (χ0) is 23.3. The lowest BCUT2D eigenvalue weighted by molar-refractivity contribution is 0.0737. The van der Waals surface area contributed by atoms with Crippen molar-refractivity contribution in [1.82, 2.24) is 14.1 Å². The summed E-state index contributed by atoms with van der Waals surface area (Å²) in [5, 5.41) is 0.893. The van der Waals surface area contributed by atoms with E-state index in [1.807, 2.05) is 20.2 Å². The number of hydrogen-bond donors (Lipinski definition) is 0. The largest absolute Gasteiger partial charge is 0.334 e. The van der Waals surface area contributed by atoms with Crippen molar-refractivity contribution in [3.05, 3.63) is 63.6 Å². The van der Waals surface area contributed by atoms with E-state index >= 15 is 0 Å². The molecule has 0 aromatic heterocycles. The van der Waals surface area contributed by atoms with Gasteiger partial charge in [-0.1, -0.05) is 35.3 Å². The van der Waals surface area contributed by atoms with E-state index in [1.54, 1.807) is 35.2 Å². The van der Waals surface area contributed by atoms with Crippen molar-refractivity contribution in [2.24, 2.45) is 0 Å². The molecule has 2 aromatic rings. The smallest absolute Gasteiger partial charge is 0.254 e. The minimum absolute atomic E-state index is 0.160. The molecule has 9 heteroatoms. The molecule has 32 heavy (non-hydrogen) atoms. The first-order valence-corrected chi connectivity index (χ1v) is 12.9. The van der Waals surface area contributed by atoms with Crippen molar-refractivity contribution in [3.63, 3.8) is 0 Å². The van der Waals surface area contributed by atoms with Crippen molar-refractivity contribution in [1.29, 1.82) is 0 Å². The Kier molecular flexibility index (Phi) is 8.58. The fourth-order valence-corrected chi connectivity index (χ4v) is 5.62. The second-order valence-electron chi connectivity index (χ2n) is 8.27. The Labute approximate surface area is 200 Å². The fraction of sp³-hybridized carbons (Fsp3) is 0.435. The molecule has 1 heterocycles. The second kappa shape index (κ2) is 11.0. The normalized spacial score (nSPS) is 14.8. The standard InChI is InChI=1S/C23H29Cl2N3O3S/c1-26(2)11-6-12-27(17-18-9-10-21(24)22(25)15-18)23(29)19-7-5-8-20(16-19)32(30,31)28-13-3-4-14-28/h5,7-10,15-16H,3-4,6,11-14,17H2,1-2H3. The Morgan fingerprint density at radius 2 is 1.72 bits per heavy atom. The molecular weight excluding hydrogens is 469 g/mol. The van der Waals surface area contributed by atoms with Crippen LogP contribution in [0.5, 0.6) is 0 Å². The molecule has 3 rings (SSSR count). The van der Waals surface area contributed by atoms with Gasteiger partial charge in [0.2, 0.25) is 10.0 Å². The number of benzene rings is 2. The van der Waals surface area contributed by atoms with Gasteiger partial charge in [0.25, 0.3) is 5.91 Å². The molecule has 0 aliphatic carbocycles. The van der Waals surface area contributed by atoms with Crippen LogP contribution in [0.3, 0.4) is 0 Å². The van der Waals surface area contributed by atoms with Crippen molar-refractivity contribution < 1.29 is 13.2 Å². The van der Waals surface area contributed by atoms with Crippen LogP contribution in [0.15, 0.2) is 47.4 Å². The lowest BCUT2D eigenvalue weighted by atomic mass is 10.1. The zero-order valence-corrected chi connectivity index (χ0v) is 20.8. The molecule has 2 aromatic carbocycles. The van der Waals surface area contributed by atoms with Gasteiger partial charge in [-0.25, -0.2) is 8.42 Å². The molecule has 174 valence electrons. The van der Waals surface area contributed by atoms with Crippen LogP contribution in [-0.2, 0) is 16.6 Å². The first-order valence-electron chi connectivity index (χ1n) is 10.7. The predicted molar refractivity (Wildman–Crippen MR) is 129 cm³/mol. The van der Waals surface area contributed by atoms with E-state index in [-0.39, 0.29) is 10.8 Å². The van der Waals surface area contributed by atoms with E-state index in [1.165, 1.54) is 10.4 Å². The van der Waals surface area contributed by atoms with E-state index in [9.17, 15) is 13.2 Å². The van der Waals surface area contributed by atoms with Gasteiger partial charge >= 0.3 is 0 Å². The monoisotopic (exact) mass is 497 g/mol.